The predicted octanol–water partition coefficient (Wildman–Crippen LogP) is 2.06. The minimum Gasteiger partial charge on any atom is -0.508 e. The largest absolute Gasteiger partial charge is 0.508 e. The molecule has 1 aliphatic carbocycles. The van der Waals surface area contributed by atoms with Crippen LogP contribution in [0.3, 0.4) is 0 Å². The molecule has 4 nitrogen and oxygen atoms in total. The van der Waals surface area contributed by atoms with Gasteiger partial charge in [0.1, 0.15) is 5.75 Å². The monoisotopic (exact) mass is 221 g/mol. The first-order valence-corrected chi connectivity index (χ1v) is 5.30. The molecule has 0 bridgehead atoms. The van der Waals surface area contributed by atoms with Crippen LogP contribution in [0.25, 0.3) is 0 Å². The number of rotatable bonds is 3. The van der Waals surface area contributed by atoms with Gasteiger partial charge in [0.2, 0.25) is 0 Å². The maximum atomic E-state index is 11.6. The second kappa shape index (κ2) is 4.04. The van der Waals surface area contributed by atoms with Crippen LogP contribution in [0.2, 0.25) is 0 Å². The summed E-state index contributed by atoms with van der Waals surface area (Å²) in [6, 6.07) is 3.52. The van der Waals surface area contributed by atoms with E-state index in [0.717, 1.165) is 24.1 Å². The Morgan fingerprint density at radius 3 is 2.75 bits per heavy atom. The summed E-state index contributed by atoms with van der Waals surface area (Å²) in [6.07, 6.45) is 2.25. The number of esters is 1. The molecule has 0 spiro atoms. The van der Waals surface area contributed by atoms with Gasteiger partial charge in [-0.3, -0.25) is 0 Å². The zero-order valence-electron chi connectivity index (χ0n) is 9.41. The van der Waals surface area contributed by atoms with Crippen molar-refractivity contribution in [3.63, 3.8) is 0 Å². The Balaban J connectivity index is 2.40. The van der Waals surface area contributed by atoms with Gasteiger partial charge in [0, 0.05) is 6.04 Å². The number of phenolic OH excluding ortho intramolecular Hbond substituents is 1. The van der Waals surface area contributed by atoms with Gasteiger partial charge in [0.25, 0.3) is 0 Å². The summed E-state index contributed by atoms with van der Waals surface area (Å²) >= 11 is 0. The highest BCUT2D eigenvalue weighted by Crippen LogP contribution is 2.32. The highest BCUT2D eigenvalue weighted by Gasteiger charge is 2.24. The van der Waals surface area contributed by atoms with Gasteiger partial charge in [-0.1, -0.05) is 0 Å². The molecule has 1 aliphatic rings. The lowest BCUT2D eigenvalue weighted by atomic mass is 10.1. The molecule has 4 heteroatoms. The predicted molar refractivity (Wildman–Crippen MR) is 60.8 cm³/mol. The van der Waals surface area contributed by atoms with Crippen LogP contribution in [0, 0.1) is 6.92 Å². The molecule has 86 valence electrons. The van der Waals surface area contributed by atoms with Gasteiger partial charge >= 0.3 is 5.97 Å². The number of phenols is 1. The van der Waals surface area contributed by atoms with Gasteiger partial charge in [-0.05, 0) is 37.5 Å². The molecule has 2 N–H and O–H groups in total. The Kier molecular flexibility index (Phi) is 2.73. The molecule has 2 rings (SSSR count). The van der Waals surface area contributed by atoms with Crippen LogP contribution < -0.4 is 5.32 Å². The normalized spacial score (nSPS) is 14.6. The van der Waals surface area contributed by atoms with E-state index < -0.39 is 5.97 Å². The van der Waals surface area contributed by atoms with Crippen molar-refractivity contribution in [1.29, 1.82) is 0 Å². The van der Waals surface area contributed by atoms with Crippen molar-refractivity contribution < 1.29 is 14.6 Å². The third-order valence-electron chi connectivity index (χ3n) is 2.65. The average molecular weight is 221 g/mol. The van der Waals surface area contributed by atoms with Crippen molar-refractivity contribution in [3.05, 3.63) is 23.3 Å². The summed E-state index contributed by atoms with van der Waals surface area (Å²) < 4.78 is 4.70. The van der Waals surface area contributed by atoms with Crippen LogP contribution in [0.15, 0.2) is 12.1 Å². The molecule has 0 aromatic heterocycles. The highest BCUT2D eigenvalue weighted by atomic mass is 16.5. The molecule has 1 aromatic rings. The smallest absolute Gasteiger partial charge is 0.340 e. The molecule has 16 heavy (non-hydrogen) atoms. The molecule has 0 atom stereocenters. The first kappa shape index (κ1) is 10.8. The molecule has 1 fully saturated rings. The van der Waals surface area contributed by atoms with E-state index in [-0.39, 0.29) is 5.75 Å². The number of nitrogens with one attached hydrogen (secondary N) is 1. The van der Waals surface area contributed by atoms with Crippen LogP contribution >= 0.6 is 0 Å². The van der Waals surface area contributed by atoms with Crippen molar-refractivity contribution >= 4 is 11.7 Å². The number of aromatic hydroxyl groups is 1. The van der Waals surface area contributed by atoms with Crippen molar-refractivity contribution in [1.82, 2.24) is 0 Å². The van der Waals surface area contributed by atoms with Crippen LogP contribution in [-0.4, -0.2) is 24.2 Å². The summed E-state index contributed by atoms with van der Waals surface area (Å²) in [4.78, 5) is 11.6. The van der Waals surface area contributed by atoms with Crippen LogP contribution in [0.4, 0.5) is 5.69 Å². The number of hydrogen-bond acceptors (Lipinski definition) is 4. The maximum Gasteiger partial charge on any atom is 0.340 e. The number of methoxy groups -OCH3 is 1. The Morgan fingerprint density at radius 2 is 2.19 bits per heavy atom. The summed E-state index contributed by atoms with van der Waals surface area (Å²) in [6.45, 7) is 1.86. The van der Waals surface area contributed by atoms with E-state index in [1.54, 1.807) is 6.07 Å². The molecule has 1 aromatic carbocycles. The maximum absolute atomic E-state index is 11.6. The summed E-state index contributed by atoms with van der Waals surface area (Å²) in [7, 11) is 1.34. The van der Waals surface area contributed by atoms with Crippen LogP contribution in [0.5, 0.6) is 5.75 Å². The van der Waals surface area contributed by atoms with Crippen molar-refractivity contribution in [2.24, 2.45) is 0 Å². The number of aryl methyl sites for hydroxylation is 1. The highest BCUT2D eigenvalue weighted by molar-refractivity contribution is 5.97. The van der Waals surface area contributed by atoms with Gasteiger partial charge in [-0.25, -0.2) is 4.79 Å². The molecule has 0 aliphatic heterocycles. The van der Waals surface area contributed by atoms with Gasteiger partial charge < -0.3 is 15.2 Å². The topological polar surface area (TPSA) is 58.6 Å². The Morgan fingerprint density at radius 1 is 1.50 bits per heavy atom. The number of carbonyl (C=O) groups excluding carboxylic acids is 1. The van der Waals surface area contributed by atoms with E-state index in [4.69, 9.17) is 4.74 Å². The third-order valence-corrected chi connectivity index (χ3v) is 2.65. The fraction of sp³-hybridized carbons (Fsp3) is 0.417. The first-order chi connectivity index (χ1) is 7.61. The van der Waals surface area contributed by atoms with Crippen molar-refractivity contribution in [3.8, 4) is 5.75 Å². The number of benzene rings is 1. The van der Waals surface area contributed by atoms with Crippen molar-refractivity contribution in [2.75, 3.05) is 12.4 Å². The minimum atomic E-state index is -0.429. The summed E-state index contributed by atoms with van der Waals surface area (Å²) in [5, 5.41) is 12.8. The van der Waals surface area contributed by atoms with E-state index in [9.17, 15) is 9.90 Å². The van der Waals surface area contributed by atoms with Crippen LogP contribution in [0.1, 0.15) is 28.8 Å². The zero-order chi connectivity index (χ0) is 11.7. The first-order valence-electron chi connectivity index (χ1n) is 5.30. The fourth-order valence-electron chi connectivity index (χ4n) is 1.66. The molecule has 1 saturated carbocycles. The lowest BCUT2D eigenvalue weighted by Gasteiger charge is -2.13. The summed E-state index contributed by atoms with van der Waals surface area (Å²) in [5.41, 5.74) is 2.02. The van der Waals surface area contributed by atoms with E-state index in [1.165, 1.54) is 13.2 Å². The standard InChI is InChI=1S/C12H15NO3/c1-7-5-9(14)6-10(12(15)16-2)11(7)13-8-3-4-8/h5-6,8,13-14H,3-4H2,1-2H3. The van der Waals surface area contributed by atoms with Gasteiger partial charge in [-0.2, -0.15) is 0 Å². The molecule has 0 radical (unpaired) electrons. The number of ether oxygens (including phenoxy) is 1. The lowest BCUT2D eigenvalue weighted by Crippen LogP contribution is -2.11. The van der Waals surface area contributed by atoms with E-state index in [1.807, 2.05) is 6.92 Å². The average Bonchev–Trinajstić information content (AvgIpc) is 3.04. The van der Waals surface area contributed by atoms with E-state index in [0.29, 0.717) is 11.6 Å². The SMILES string of the molecule is COC(=O)c1cc(O)cc(C)c1NC1CC1. The Bertz CT molecular complexity index is 425. The quantitative estimate of drug-likeness (QED) is 0.606. The molecule has 0 heterocycles. The Labute approximate surface area is 94.2 Å². The Hall–Kier alpha value is -1.71. The number of anilines is 1. The van der Waals surface area contributed by atoms with E-state index >= 15 is 0 Å². The van der Waals surface area contributed by atoms with Crippen molar-refractivity contribution in [2.45, 2.75) is 25.8 Å². The molecular formula is C12H15NO3. The van der Waals surface area contributed by atoms with Crippen LogP contribution in [-0.2, 0) is 4.74 Å². The molecule has 0 unspecified atom stereocenters. The molecular weight excluding hydrogens is 206 g/mol. The summed E-state index contributed by atoms with van der Waals surface area (Å²) in [5.74, 6) is -0.346. The zero-order valence-corrected chi connectivity index (χ0v) is 9.41. The van der Waals surface area contributed by atoms with E-state index in [2.05, 4.69) is 5.32 Å². The second-order valence-electron chi connectivity index (χ2n) is 4.10. The lowest BCUT2D eigenvalue weighted by molar-refractivity contribution is 0.0601. The van der Waals surface area contributed by atoms with Gasteiger partial charge in [0.15, 0.2) is 0 Å². The second-order valence-corrected chi connectivity index (χ2v) is 4.10. The molecule has 0 saturated heterocycles. The number of hydrogen-bond donors (Lipinski definition) is 2. The third kappa shape index (κ3) is 2.10. The van der Waals surface area contributed by atoms with Gasteiger partial charge in [-0.15, -0.1) is 0 Å². The molecule has 0 amide bonds. The van der Waals surface area contributed by atoms with Gasteiger partial charge in [0.05, 0.1) is 18.4 Å². The number of carbonyl (C=O) groups is 1. The minimum absolute atomic E-state index is 0.0826. The fourth-order valence-corrected chi connectivity index (χ4v) is 1.66.